The number of benzene rings is 2. The first-order chi connectivity index (χ1) is 18.7. The predicted octanol–water partition coefficient (Wildman–Crippen LogP) is 3.80. The lowest BCUT2D eigenvalue weighted by Gasteiger charge is -2.37. The van der Waals surface area contributed by atoms with Crippen LogP contribution in [0.3, 0.4) is 0 Å². The van der Waals surface area contributed by atoms with E-state index < -0.39 is 12.6 Å². The van der Waals surface area contributed by atoms with Gasteiger partial charge in [0.25, 0.3) is 5.91 Å². The number of piperazine rings is 1. The van der Waals surface area contributed by atoms with Crippen molar-refractivity contribution in [1.82, 2.24) is 20.4 Å². The summed E-state index contributed by atoms with van der Waals surface area (Å²) in [5, 5.41) is 10.6. The molecule has 3 aromatic rings. The van der Waals surface area contributed by atoms with Crippen molar-refractivity contribution in [2.75, 3.05) is 63.6 Å². The standard InChI is InChI=1S/C27H33F3N6O3/c1-32-26(37)20-3-2-17(15-22(20)36-10-8-35(9-11-36)7-6-27(28,29)30)18-14-21-24(25(31)34-33-21)23(16-18)39-19-4-12-38-13-5-19/h2-3,14-16,19H,4-13H2,1H3,(H,32,37)(H3,31,33,34). The number of aromatic nitrogens is 2. The normalized spacial score (nSPS) is 17.5. The Balaban J connectivity index is 1.45. The number of nitrogen functional groups attached to an aromatic ring is 1. The van der Waals surface area contributed by atoms with Gasteiger partial charge in [-0.3, -0.25) is 14.8 Å². The van der Waals surface area contributed by atoms with Crippen molar-refractivity contribution in [2.24, 2.45) is 0 Å². The largest absolute Gasteiger partial charge is 0.489 e. The lowest BCUT2D eigenvalue weighted by Crippen LogP contribution is -2.47. The lowest BCUT2D eigenvalue weighted by molar-refractivity contribution is -0.138. The third-order valence-electron chi connectivity index (χ3n) is 7.34. The highest BCUT2D eigenvalue weighted by Crippen LogP contribution is 2.38. The Morgan fingerprint density at radius 3 is 2.59 bits per heavy atom. The number of fused-ring (bicyclic) bond motifs is 1. The first-order valence-corrected chi connectivity index (χ1v) is 13.1. The van der Waals surface area contributed by atoms with Gasteiger partial charge in [-0.25, -0.2) is 0 Å². The van der Waals surface area contributed by atoms with Crippen molar-refractivity contribution in [1.29, 1.82) is 0 Å². The van der Waals surface area contributed by atoms with Gasteiger partial charge in [-0.1, -0.05) is 6.07 Å². The van der Waals surface area contributed by atoms with E-state index >= 15 is 0 Å². The zero-order valence-corrected chi connectivity index (χ0v) is 21.8. The average molecular weight is 547 g/mol. The number of halogens is 3. The van der Waals surface area contributed by atoms with Crippen LogP contribution in [0.4, 0.5) is 24.7 Å². The van der Waals surface area contributed by atoms with Gasteiger partial charge < -0.3 is 25.4 Å². The van der Waals surface area contributed by atoms with Gasteiger partial charge in [-0.2, -0.15) is 18.3 Å². The molecule has 0 radical (unpaired) electrons. The van der Waals surface area contributed by atoms with Crippen molar-refractivity contribution in [3.8, 4) is 16.9 Å². The number of hydrogen-bond donors (Lipinski definition) is 3. The van der Waals surface area contributed by atoms with Crippen molar-refractivity contribution in [2.45, 2.75) is 31.5 Å². The Labute approximate surface area is 224 Å². The summed E-state index contributed by atoms with van der Waals surface area (Å²) in [5.74, 6) is 0.768. The molecule has 2 aliphatic heterocycles. The molecule has 39 heavy (non-hydrogen) atoms. The Hall–Kier alpha value is -3.51. The predicted molar refractivity (Wildman–Crippen MR) is 143 cm³/mol. The SMILES string of the molecule is CNC(=O)c1ccc(-c2cc(OC3CCOCC3)c3c(N)n[nH]c3c2)cc1N1CCN(CCC(F)(F)F)CC1. The molecule has 0 atom stereocenters. The van der Waals surface area contributed by atoms with Crippen molar-refractivity contribution >= 4 is 28.3 Å². The summed E-state index contributed by atoms with van der Waals surface area (Å²) >= 11 is 0. The van der Waals surface area contributed by atoms with E-state index in [4.69, 9.17) is 15.2 Å². The molecule has 0 aliphatic carbocycles. The number of aromatic amines is 1. The number of ether oxygens (including phenoxy) is 2. The highest BCUT2D eigenvalue weighted by atomic mass is 19.4. The summed E-state index contributed by atoms with van der Waals surface area (Å²) in [5.41, 5.74) is 9.86. The van der Waals surface area contributed by atoms with E-state index in [-0.39, 0.29) is 18.6 Å². The van der Waals surface area contributed by atoms with Crippen LogP contribution in [0.2, 0.25) is 0 Å². The summed E-state index contributed by atoms with van der Waals surface area (Å²) in [6.45, 7) is 3.25. The number of anilines is 2. The average Bonchev–Trinajstić information content (AvgIpc) is 3.32. The van der Waals surface area contributed by atoms with E-state index in [1.165, 1.54) is 0 Å². The molecule has 4 N–H and O–H groups in total. The molecule has 0 bridgehead atoms. The Morgan fingerprint density at radius 2 is 1.90 bits per heavy atom. The van der Waals surface area contributed by atoms with E-state index in [2.05, 4.69) is 20.4 Å². The quantitative estimate of drug-likeness (QED) is 0.414. The number of amides is 1. The van der Waals surface area contributed by atoms with Crippen LogP contribution in [0.1, 0.15) is 29.6 Å². The maximum absolute atomic E-state index is 12.7. The molecule has 210 valence electrons. The van der Waals surface area contributed by atoms with Crippen LogP contribution < -0.4 is 20.7 Å². The zero-order chi connectivity index (χ0) is 27.6. The molecular formula is C27H33F3N6O3. The number of nitrogens with two attached hydrogens (primary N) is 1. The second-order valence-corrected chi connectivity index (χ2v) is 9.94. The van der Waals surface area contributed by atoms with Crippen LogP contribution in [-0.4, -0.2) is 86.3 Å². The van der Waals surface area contributed by atoms with Crippen molar-refractivity contribution in [3.63, 3.8) is 0 Å². The molecule has 2 aliphatic rings. The molecule has 2 aromatic carbocycles. The first-order valence-electron chi connectivity index (χ1n) is 13.1. The van der Waals surface area contributed by atoms with Gasteiger partial charge in [0.05, 0.1) is 41.8 Å². The fourth-order valence-electron chi connectivity index (χ4n) is 5.17. The van der Waals surface area contributed by atoms with Crippen LogP contribution in [0, 0.1) is 0 Å². The number of nitrogens with one attached hydrogen (secondary N) is 2. The molecular weight excluding hydrogens is 513 g/mol. The molecule has 12 heteroatoms. The highest BCUT2D eigenvalue weighted by molar-refractivity contribution is 6.01. The summed E-state index contributed by atoms with van der Waals surface area (Å²) in [6, 6.07) is 9.51. The molecule has 1 aromatic heterocycles. The fourth-order valence-corrected chi connectivity index (χ4v) is 5.17. The summed E-state index contributed by atoms with van der Waals surface area (Å²) < 4.78 is 49.9. The van der Waals surface area contributed by atoms with E-state index in [0.717, 1.165) is 40.6 Å². The Morgan fingerprint density at radius 1 is 1.15 bits per heavy atom. The minimum atomic E-state index is -4.17. The Bertz CT molecular complexity index is 1310. The van der Waals surface area contributed by atoms with Gasteiger partial charge in [-0.15, -0.1) is 0 Å². The molecule has 1 amide bonds. The first kappa shape index (κ1) is 27.1. The smallest absolute Gasteiger partial charge is 0.390 e. The molecule has 3 heterocycles. The maximum Gasteiger partial charge on any atom is 0.390 e. The third-order valence-corrected chi connectivity index (χ3v) is 7.34. The Kier molecular flexibility index (Phi) is 7.85. The van der Waals surface area contributed by atoms with Gasteiger partial charge in [-0.05, 0) is 35.4 Å². The zero-order valence-electron chi connectivity index (χ0n) is 21.8. The van der Waals surface area contributed by atoms with Crippen LogP contribution >= 0.6 is 0 Å². The van der Waals surface area contributed by atoms with Crippen molar-refractivity contribution < 1.29 is 27.4 Å². The van der Waals surface area contributed by atoms with Crippen LogP contribution in [-0.2, 0) is 4.74 Å². The second-order valence-electron chi connectivity index (χ2n) is 9.94. The minimum absolute atomic E-state index is 0.00586. The van der Waals surface area contributed by atoms with Gasteiger partial charge in [0, 0.05) is 52.6 Å². The number of carbonyl (C=O) groups is 1. The van der Waals surface area contributed by atoms with Crippen LogP contribution in [0.5, 0.6) is 5.75 Å². The highest BCUT2D eigenvalue weighted by Gasteiger charge is 2.29. The summed E-state index contributed by atoms with van der Waals surface area (Å²) in [7, 11) is 1.57. The number of rotatable bonds is 7. The van der Waals surface area contributed by atoms with Gasteiger partial charge in [0.1, 0.15) is 11.9 Å². The maximum atomic E-state index is 12.7. The topological polar surface area (TPSA) is 109 Å². The lowest BCUT2D eigenvalue weighted by atomic mass is 9.99. The number of carbonyl (C=O) groups excluding carboxylic acids is 1. The van der Waals surface area contributed by atoms with Crippen molar-refractivity contribution in [3.05, 3.63) is 35.9 Å². The molecule has 0 spiro atoms. The molecule has 2 saturated heterocycles. The molecule has 2 fully saturated rings. The van der Waals surface area contributed by atoms with E-state index in [9.17, 15) is 18.0 Å². The number of nitrogens with zero attached hydrogens (tertiary/aromatic N) is 3. The van der Waals surface area contributed by atoms with Crippen LogP contribution in [0.25, 0.3) is 22.0 Å². The van der Waals surface area contributed by atoms with Crippen LogP contribution in [0.15, 0.2) is 30.3 Å². The van der Waals surface area contributed by atoms with Gasteiger partial charge in [0.15, 0.2) is 5.82 Å². The summed E-state index contributed by atoms with van der Waals surface area (Å²) in [4.78, 5) is 16.6. The molecule has 9 nitrogen and oxygen atoms in total. The third kappa shape index (κ3) is 6.22. The molecule has 0 saturated carbocycles. The molecule has 0 unspecified atom stereocenters. The van der Waals surface area contributed by atoms with Gasteiger partial charge >= 0.3 is 6.18 Å². The fraction of sp³-hybridized carbons (Fsp3) is 0.481. The monoisotopic (exact) mass is 546 g/mol. The number of alkyl halides is 3. The van der Waals surface area contributed by atoms with Gasteiger partial charge in [0.2, 0.25) is 0 Å². The molecule has 5 rings (SSSR count). The van der Waals surface area contributed by atoms with E-state index in [1.807, 2.05) is 29.2 Å². The van der Waals surface area contributed by atoms with E-state index in [1.54, 1.807) is 13.1 Å². The number of hydrogen-bond acceptors (Lipinski definition) is 7. The second kappa shape index (κ2) is 11.3. The van der Waals surface area contributed by atoms with E-state index in [0.29, 0.717) is 56.5 Å². The minimum Gasteiger partial charge on any atom is -0.489 e. The number of H-pyrrole nitrogens is 1. The summed E-state index contributed by atoms with van der Waals surface area (Å²) in [6.07, 6.45) is -3.44.